The zero-order valence-corrected chi connectivity index (χ0v) is 18.6. The molecule has 0 aliphatic carbocycles. The van der Waals surface area contributed by atoms with E-state index in [1.54, 1.807) is 18.2 Å². The van der Waals surface area contributed by atoms with Gasteiger partial charge in [0.2, 0.25) is 0 Å². The minimum absolute atomic E-state index is 0.342. The highest BCUT2D eigenvalue weighted by Crippen LogP contribution is 2.28. The van der Waals surface area contributed by atoms with Crippen molar-refractivity contribution >= 4 is 17.5 Å². The fourth-order valence-corrected chi connectivity index (χ4v) is 3.28. The summed E-state index contributed by atoms with van der Waals surface area (Å²) in [5, 5.41) is 3.19. The predicted molar refractivity (Wildman–Crippen MR) is 116 cm³/mol. The minimum Gasteiger partial charge on any atom is -0.383 e. The van der Waals surface area contributed by atoms with Crippen molar-refractivity contribution in [3.05, 3.63) is 29.3 Å². The Morgan fingerprint density at radius 1 is 0.939 bits per heavy atom. The van der Waals surface area contributed by atoms with E-state index in [-0.39, 0.29) is 11.8 Å². The largest absolute Gasteiger partial charge is 0.383 e. The van der Waals surface area contributed by atoms with Gasteiger partial charge < -0.3 is 30.0 Å². The number of imide groups is 1. The topological polar surface area (TPSA) is 143 Å². The number of hydrogen-bond acceptors (Lipinski definition) is 11. The van der Waals surface area contributed by atoms with Crippen molar-refractivity contribution in [2.24, 2.45) is 5.73 Å². The molecule has 3 rings (SSSR count). The Hall–Kier alpha value is -2.16. The Morgan fingerprint density at radius 3 is 2.21 bits per heavy atom. The summed E-state index contributed by atoms with van der Waals surface area (Å²) in [7, 11) is 0. The summed E-state index contributed by atoms with van der Waals surface area (Å²) in [6.07, 6.45) is -0.290. The number of benzene rings is 1. The number of ether oxygens (including phenoxy) is 4. The van der Waals surface area contributed by atoms with E-state index in [9.17, 15) is 9.59 Å². The standard InChI is InChI=1S/C21H32N4O8/c22-4-7-28-9-11-30-13-14-31-12-10-29-8-5-23-16-1-2-17-18(15-16)21(27)25(20(17)26)19-3-6-32-24-33-19/h1-2,15,19,23-24H,3-14,22H2. The highest BCUT2D eigenvalue weighted by molar-refractivity contribution is 6.21. The van der Waals surface area contributed by atoms with Gasteiger partial charge in [-0.3, -0.25) is 19.3 Å². The minimum atomic E-state index is -0.694. The molecule has 0 radical (unpaired) electrons. The monoisotopic (exact) mass is 468 g/mol. The molecule has 1 atom stereocenters. The summed E-state index contributed by atoms with van der Waals surface area (Å²) in [6, 6.07) is 5.08. The van der Waals surface area contributed by atoms with Gasteiger partial charge in [0, 0.05) is 25.2 Å². The third kappa shape index (κ3) is 7.69. The molecule has 2 aliphatic heterocycles. The zero-order valence-electron chi connectivity index (χ0n) is 18.6. The average molecular weight is 469 g/mol. The maximum atomic E-state index is 12.7. The molecule has 4 N–H and O–H groups in total. The number of nitrogens with one attached hydrogen (secondary N) is 2. The van der Waals surface area contributed by atoms with Gasteiger partial charge in [-0.2, -0.15) is 0 Å². The van der Waals surface area contributed by atoms with Crippen LogP contribution in [0.3, 0.4) is 0 Å². The summed E-state index contributed by atoms with van der Waals surface area (Å²) in [5.74, 6) is -0.753. The van der Waals surface area contributed by atoms with E-state index in [1.807, 2.05) is 0 Å². The first-order chi connectivity index (χ1) is 16.2. The van der Waals surface area contributed by atoms with Gasteiger partial charge in [-0.05, 0) is 18.2 Å². The molecule has 2 aliphatic rings. The number of carbonyl (C=O) groups is 2. The SMILES string of the molecule is NCCOCCOCCOCCOCCNc1ccc2c(c1)C(=O)N(C1CCONO1)C2=O. The molecule has 12 heteroatoms. The van der Waals surface area contributed by atoms with Crippen molar-refractivity contribution in [1.82, 2.24) is 10.5 Å². The maximum Gasteiger partial charge on any atom is 0.263 e. The summed E-state index contributed by atoms with van der Waals surface area (Å²) >= 11 is 0. The number of nitrogens with two attached hydrogens (primary N) is 1. The Labute approximate surface area is 192 Å². The second-order valence-electron chi connectivity index (χ2n) is 7.20. The lowest BCUT2D eigenvalue weighted by Gasteiger charge is -2.28. The van der Waals surface area contributed by atoms with Gasteiger partial charge in [-0.15, -0.1) is 0 Å². The normalized spacial score (nSPS) is 18.1. The predicted octanol–water partition coefficient (Wildman–Crippen LogP) is -0.0978. The summed E-state index contributed by atoms with van der Waals surface area (Å²) in [5.41, 5.74) is 9.03. The third-order valence-corrected chi connectivity index (χ3v) is 4.87. The second kappa shape index (κ2) is 14.2. The van der Waals surface area contributed by atoms with Gasteiger partial charge in [0.05, 0.1) is 70.6 Å². The van der Waals surface area contributed by atoms with Crippen LogP contribution in [0, 0.1) is 0 Å². The highest BCUT2D eigenvalue weighted by Gasteiger charge is 2.41. The first-order valence-corrected chi connectivity index (χ1v) is 11.0. The molecule has 1 aromatic rings. The van der Waals surface area contributed by atoms with Gasteiger partial charge in [0.25, 0.3) is 11.8 Å². The Morgan fingerprint density at radius 2 is 1.58 bits per heavy atom. The molecular formula is C21H32N4O8. The van der Waals surface area contributed by atoms with Crippen LogP contribution in [0.4, 0.5) is 5.69 Å². The Balaban J connectivity index is 1.26. The van der Waals surface area contributed by atoms with Crippen LogP contribution >= 0.6 is 0 Å². The van der Waals surface area contributed by atoms with Crippen LogP contribution in [0.15, 0.2) is 18.2 Å². The molecule has 1 aromatic carbocycles. The number of anilines is 1. The number of hydrogen-bond donors (Lipinski definition) is 3. The molecule has 1 fully saturated rings. The first-order valence-electron chi connectivity index (χ1n) is 11.0. The molecular weight excluding hydrogens is 436 g/mol. The molecule has 2 amide bonds. The fourth-order valence-electron chi connectivity index (χ4n) is 3.28. The van der Waals surface area contributed by atoms with Crippen LogP contribution in [0.1, 0.15) is 27.1 Å². The number of nitrogens with zero attached hydrogens (tertiary/aromatic N) is 1. The number of amides is 2. The molecule has 2 heterocycles. The zero-order chi connectivity index (χ0) is 23.3. The molecule has 184 valence electrons. The summed E-state index contributed by atoms with van der Waals surface area (Å²) in [6.45, 7) is 5.39. The number of fused-ring (bicyclic) bond motifs is 1. The lowest BCUT2D eigenvalue weighted by atomic mass is 10.1. The smallest absolute Gasteiger partial charge is 0.263 e. The van der Waals surface area contributed by atoms with Gasteiger partial charge in [0.15, 0.2) is 6.23 Å². The number of carbonyl (C=O) groups excluding carboxylic acids is 2. The van der Waals surface area contributed by atoms with Crippen molar-refractivity contribution < 1.29 is 38.2 Å². The van der Waals surface area contributed by atoms with Gasteiger partial charge in [-0.1, -0.05) is 5.64 Å². The van der Waals surface area contributed by atoms with Crippen molar-refractivity contribution in [3.8, 4) is 0 Å². The molecule has 0 saturated carbocycles. The van der Waals surface area contributed by atoms with E-state index in [2.05, 4.69) is 11.0 Å². The quantitative estimate of drug-likeness (QED) is 0.221. The first kappa shape index (κ1) is 25.5. The lowest BCUT2D eigenvalue weighted by molar-refractivity contribution is -0.259. The third-order valence-electron chi connectivity index (χ3n) is 4.87. The van der Waals surface area contributed by atoms with Crippen LogP contribution < -0.4 is 16.7 Å². The van der Waals surface area contributed by atoms with Gasteiger partial charge >= 0.3 is 0 Å². The molecule has 33 heavy (non-hydrogen) atoms. The van der Waals surface area contributed by atoms with Gasteiger partial charge in [0.1, 0.15) is 0 Å². The van der Waals surface area contributed by atoms with Crippen molar-refractivity contribution in [1.29, 1.82) is 0 Å². The van der Waals surface area contributed by atoms with Crippen molar-refractivity contribution in [2.75, 3.05) is 77.9 Å². The highest BCUT2D eigenvalue weighted by atomic mass is 16.9. The lowest BCUT2D eigenvalue weighted by Crippen LogP contribution is -2.47. The Bertz CT molecular complexity index is 760. The molecule has 1 saturated heterocycles. The molecule has 12 nitrogen and oxygen atoms in total. The molecule has 0 bridgehead atoms. The van der Waals surface area contributed by atoms with Crippen LogP contribution in [-0.4, -0.2) is 95.5 Å². The fraction of sp³-hybridized carbons (Fsp3) is 0.619. The van der Waals surface area contributed by atoms with E-state index >= 15 is 0 Å². The van der Waals surface area contributed by atoms with Crippen LogP contribution in [-0.2, 0) is 28.6 Å². The van der Waals surface area contributed by atoms with E-state index in [0.717, 1.165) is 10.6 Å². The molecule has 0 spiro atoms. The maximum absolute atomic E-state index is 12.7. The van der Waals surface area contributed by atoms with Crippen LogP contribution in [0.25, 0.3) is 0 Å². The van der Waals surface area contributed by atoms with Crippen molar-refractivity contribution in [2.45, 2.75) is 12.6 Å². The van der Waals surface area contributed by atoms with E-state index < -0.39 is 6.23 Å². The van der Waals surface area contributed by atoms with E-state index in [0.29, 0.717) is 90.1 Å². The number of rotatable bonds is 16. The Kier molecular flexibility index (Phi) is 10.9. The summed E-state index contributed by atoms with van der Waals surface area (Å²) < 4.78 is 21.5. The van der Waals surface area contributed by atoms with Crippen molar-refractivity contribution in [3.63, 3.8) is 0 Å². The van der Waals surface area contributed by atoms with E-state index in [4.69, 9.17) is 34.4 Å². The average Bonchev–Trinajstić information content (AvgIpc) is 3.09. The second-order valence-corrected chi connectivity index (χ2v) is 7.20. The van der Waals surface area contributed by atoms with Crippen LogP contribution in [0.2, 0.25) is 0 Å². The van der Waals surface area contributed by atoms with Crippen LogP contribution in [0.5, 0.6) is 0 Å². The van der Waals surface area contributed by atoms with Gasteiger partial charge in [-0.25, -0.2) is 4.90 Å². The molecule has 1 unspecified atom stereocenters. The summed E-state index contributed by atoms with van der Waals surface area (Å²) in [4.78, 5) is 36.5. The van der Waals surface area contributed by atoms with E-state index in [1.165, 1.54) is 0 Å². The molecule has 0 aromatic heterocycles.